The van der Waals surface area contributed by atoms with Crippen LogP contribution in [-0.2, 0) is 19.1 Å². The van der Waals surface area contributed by atoms with Crippen LogP contribution >= 0.6 is 0 Å². The zero-order valence-corrected chi connectivity index (χ0v) is 9.69. The van der Waals surface area contributed by atoms with Crippen LogP contribution in [0.5, 0.6) is 0 Å². The van der Waals surface area contributed by atoms with E-state index in [1.807, 2.05) is 6.92 Å². The Kier molecular flexibility index (Phi) is 8.46. The number of carbonyl (C=O) groups is 2. The van der Waals surface area contributed by atoms with Crippen molar-refractivity contribution in [1.82, 2.24) is 5.32 Å². The van der Waals surface area contributed by atoms with E-state index in [2.05, 4.69) is 5.32 Å². The van der Waals surface area contributed by atoms with E-state index in [1.54, 1.807) is 0 Å². The van der Waals surface area contributed by atoms with Crippen LogP contribution in [0.1, 0.15) is 20.3 Å². The maximum atomic E-state index is 10.7. The molecule has 0 rings (SSSR count). The molecule has 0 saturated heterocycles. The summed E-state index contributed by atoms with van der Waals surface area (Å²) in [5.74, 6) is -1.50. The molecule has 0 heterocycles. The Labute approximate surface area is 94.9 Å². The normalized spacial score (nSPS) is 12.1. The Hall–Kier alpha value is -1.14. The van der Waals surface area contributed by atoms with Gasteiger partial charge in [-0.05, 0) is 6.42 Å². The molecule has 2 N–H and O–H groups in total. The third-order valence-electron chi connectivity index (χ3n) is 1.68. The average molecular weight is 233 g/mol. The molecule has 16 heavy (non-hydrogen) atoms. The van der Waals surface area contributed by atoms with Crippen LogP contribution in [0.3, 0.4) is 0 Å². The van der Waals surface area contributed by atoms with Crippen LogP contribution < -0.4 is 5.32 Å². The predicted octanol–water partition coefficient (Wildman–Crippen LogP) is 0.0189. The molecule has 0 aliphatic heterocycles. The van der Waals surface area contributed by atoms with Crippen molar-refractivity contribution in [3.8, 4) is 0 Å². The van der Waals surface area contributed by atoms with Gasteiger partial charge in [-0.2, -0.15) is 0 Å². The topological polar surface area (TPSA) is 84.9 Å². The van der Waals surface area contributed by atoms with Gasteiger partial charge in [-0.25, -0.2) is 4.79 Å². The van der Waals surface area contributed by atoms with Gasteiger partial charge < -0.3 is 19.9 Å². The van der Waals surface area contributed by atoms with Gasteiger partial charge in [0.15, 0.2) is 6.04 Å². The van der Waals surface area contributed by atoms with E-state index in [4.69, 9.17) is 14.6 Å². The molecule has 0 aliphatic carbocycles. The lowest BCUT2D eigenvalue weighted by molar-refractivity contribution is -0.143. The number of rotatable bonds is 9. The summed E-state index contributed by atoms with van der Waals surface area (Å²) in [4.78, 5) is 21.4. The number of ether oxygens (including phenoxy) is 2. The lowest BCUT2D eigenvalue weighted by atomic mass is 10.3. The van der Waals surface area contributed by atoms with Crippen molar-refractivity contribution in [2.75, 3.05) is 26.4 Å². The number of nitrogens with one attached hydrogen (secondary N) is 1. The molecular weight excluding hydrogens is 214 g/mol. The number of carboxylic acids is 1. The molecule has 6 nitrogen and oxygen atoms in total. The third-order valence-corrected chi connectivity index (χ3v) is 1.68. The molecule has 6 heteroatoms. The second-order valence-corrected chi connectivity index (χ2v) is 3.28. The standard InChI is InChI=1S/C10H19NO5/c1-3-4-15-5-6-16-7-9(10(13)14)11-8(2)12/h9H,3-7H2,1-2H3,(H,11,12)(H,13,14). The van der Waals surface area contributed by atoms with Gasteiger partial charge >= 0.3 is 5.97 Å². The van der Waals surface area contributed by atoms with Crippen molar-refractivity contribution in [2.45, 2.75) is 26.3 Å². The minimum absolute atomic E-state index is 0.0512. The van der Waals surface area contributed by atoms with Gasteiger partial charge in [0.2, 0.25) is 5.91 Å². The third kappa shape index (κ3) is 8.19. The van der Waals surface area contributed by atoms with Gasteiger partial charge in [-0.3, -0.25) is 4.79 Å². The second kappa shape index (κ2) is 9.11. The average Bonchev–Trinajstić information content (AvgIpc) is 2.20. The van der Waals surface area contributed by atoms with Crippen molar-refractivity contribution in [3.05, 3.63) is 0 Å². The van der Waals surface area contributed by atoms with Gasteiger partial charge in [-0.1, -0.05) is 6.92 Å². The smallest absolute Gasteiger partial charge is 0.328 e. The van der Waals surface area contributed by atoms with Gasteiger partial charge in [0.1, 0.15) is 0 Å². The van der Waals surface area contributed by atoms with E-state index < -0.39 is 17.9 Å². The zero-order chi connectivity index (χ0) is 12.4. The van der Waals surface area contributed by atoms with Crippen molar-refractivity contribution < 1.29 is 24.2 Å². The molecule has 0 aliphatic rings. The summed E-state index contributed by atoms with van der Waals surface area (Å²) in [7, 11) is 0. The van der Waals surface area contributed by atoms with E-state index in [0.29, 0.717) is 19.8 Å². The van der Waals surface area contributed by atoms with E-state index in [-0.39, 0.29) is 6.61 Å². The molecule has 1 amide bonds. The number of hydrogen-bond donors (Lipinski definition) is 2. The van der Waals surface area contributed by atoms with Crippen molar-refractivity contribution >= 4 is 11.9 Å². The number of amides is 1. The summed E-state index contributed by atoms with van der Waals surface area (Å²) in [5.41, 5.74) is 0. The summed E-state index contributed by atoms with van der Waals surface area (Å²) in [5, 5.41) is 11.0. The number of carbonyl (C=O) groups excluding carboxylic acids is 1. The van der Waals surface area contributed by atoms with Crippen LogP contribution in [0, 0.1) is 0 Å². The van der Waals surface area contributed by atoms with E-state index in [0.717, 1.165) is 6.42 Å². The SMILES string of the molecule is CCCOCCOCC(NC(C)=O)C(=O)O. The highest BCUT2D eigenvalue weighted by Crippen LogP contribution is 1.88. The second-order valence-electron chi connectivity index (χ2n) is 3.28. The van der Waals surface area contributed by atoms with Crippen LogP contribution in [0.4, 0.5) is 0 Å². The van der Waals surface area contributed by atoms with Gasteiger partial charge in [0.05, 0.1) is 19.8 Å². The number of aliphatic carboxylic acids is 1. The van der Waals surface area contributed by atoms with E-state index in [1.165, 1.54) is 6.92 Å². The highest BCUT2D eigenvalue weighted by Gasteiger charge is 2.17. The van der Waals surface area contributed by atoms with Crippen molar-refractivity contribution in [3.63, 3.8) is 0 Å². The first-order chi connectivity index (χ1) is 7.57. The van der Waals surface area contributed by atoms with Gasteiger partial charge in [0, 0.05) is 13.5 Å². The fourth-order valence-electron chi connectivity index (χ4n) is 0.985. The molecule has 1 unspecified atom stereocenters. The van der Waals surface area contributed by atoms with Crippen LogP contribution in [-0.4, -0.2) is 49.5 Å². The Morgan fingerprint density at radius 3 is 2.38 bits per heavy atom. The molecule has 0 saturated carbocycles. The maximum absolute atomic E-state index is 10.7. The van der Waals surface area contributed by atoms with Crippen LogP contribution in [0.2, 0.25) is 0 Å². The Bertz CT molecular complexity index is 219. The molecule has 1 atom stereocenters. The Morgan fingerprint density at radius 1 is 1.25 bits per heavy atom. The summed E-state index contributed by atoms with van der Waals surface area (Å²) < 4.78 is 10.2. The monoisotopic (exact) mass is 233 g/mol. The lowest BCUT2D eigenvalue weighted by Crippen LogP contribution is -2.43. The van der Waals surface area contributed by atoms with E-state index in [9.17, 15) is 9.59 Å². The molecule has 94 valence electrons. The van der Waals surface area contributed by atoms with Crippen molar-refractivity contribution in [1.29, 1.82) is 0 Å². The van der Waals surface area contributed by atoms with Gasteiger partial charge in [-0.15, -0.1) is 0 Å². The fraction of sp³-hybridized carbons (Fsp3) is 0.800. The number of hydrogen-bond acceptors (Lipinski definition) is 4. The highest BCUT2D eigenvalue weighted by molar-refractivity contribution is 5.82. The fourth-order valence-corrected chi connectivity index (χ4v) is 0.985. The van der Waals surface area contributed by atoms with Crippen LogP contribution in [0.15, 0.2) is 0 Å². The summed E-state index contributed by atoms with van der Waals surface area (Å²) in [6.45, 7) is 4.63. The first-order valence-electron chi connectivity index (χ1n) is 5.23. The predicted molar refractivity (Wildman–Crippen MR) is 57.2 cm³/mol. The molecule has 0 spiro atoms. The first kappa shape index (κ1) is 14.9. The largest absolute Gasteiger partial charge is 0.480 e. The van der Waals surface area contributed by atoms with Crippen LogP contribution in [0.25, 0.3) is 0 Å². The summed E-state index contributed by atoms with van der Waals surface area (Å²) >= 11 is 0. The lowest BCUT2D eigenvalue weighted by Gasteiger charge is -2.13. The van der Waals surface area contributed by atoms with E-state index >= 15 is 0 Å². The Morgan fingerprint density at radius 2 is 1.88 bits per heavy atom. The number of carboxylic acid groups (broad SMARTS) is 1. The zero-order valence-electron chi connectivity index (χ0n) is 9.69. The van der Waals surface area contributed by atoms with Gasteiger partial charge in [0.25, 0.3) is 0 Å². The molecule has 0 bridgehead atoms. The van der Waals surface area contributed by atoms with Crippen molar-refractivity contribution in [2.24, 2.45) is 0 Å². The summed E-state index contributed by atoms with van der Waals surface area (Å²) in [6.07, 6.45) is 0.934. The minimum Gasteiger partial charge on any atom is -0.480 e. The quantitative estimate of drug-likeness (QED) is 0.548. The molecule has 0 aromatic heterocycles. The molecule has 0 radical (unpaired) electrons. The first-order valence-corrected chi connectivity index (χ1v) is 5.23. The summed E-state index contributed by atoms with van der Waals surface area (Å²) in [6, 6.07) is -0.997. The maximum Gasteiger partial charge on any atom is 0.328 e. The Balaban J connectivity index is 3.60. The molecular formula is C10H19NO5. The molecule has 0 fully saturated rings. The minimum atomic E-state index is -1.11. The molecule has 0 aromatic rings. The highest BCUT2D eigenvalue weighted by atomic mass is 16.5. The molecule has 0 aromatic carbocycles.